The third kappa shape index (κ3) is 4.44. The largest absolute Gasteiger partial charge is 0.466 e. The van der Waals surface area contributed by atoms with E-state index in [-0.39, 0.29) is 22.0 Å². The summed E-state index contributed by atoms with van der Waals surface area (Å²) in [5.74, 6) is 0.632. The third-order valence-electron chi connectivity index (χ3n) is 2.85. The SMILES string of the molecule is CCOC(=O)CCSC(C)=Nc1c(N)c(=S)n(C)c(=O)n1C. The van der Waals surface area contributed by atoms with Gasteiger partial charge in [0.1, 0.15) is 10.3 Å². The van der Waals surface area contributed by atoms with Crippen LogP contribution in [0.4, 0.5) is 11.5 Å². The lowest BCUT2D eigenvalue weighted by atomic mass is 10.4. The highest BCUT2D eigenvalue weighted by Crippen LogP contribution is 2.22. The van der Waals surface area contributed by atoms with Gasteiger partial charge in [0.2, 0.25) is 0 Å². The van der Waals surface area contributed by atoms with Crippen molar-refractivity contribution in [2.45, 2.75) is 20.3 Å². The highest BCUT2D eigenvalue weighted by atomic mass is 32.2. The van der Waals surface area contributed by atoms with E-state index in [4.69, 9.17) is 22.7 Å². The average Bonchev–Trinajstić information content (AvgIpc) is 2.48. The minimum absolute atomic E-state index is 0.241. The quantitative estimate of drug-likeness (QED) is 0.379. The number of nitrogens with zero attached hydrogens (tertiary/aromatic N) is 3. The monoisotopic (exact) mass is 344 g/mol. The molecule has 0 spiro atoms. The summed E-state index contributed by atoms with van der Waals surface area (Å²) in [4.78, 5) is 27.6. The van der Waals surface area contributed by atoms with Crippen LogP contribution in [0.2, 0.25) is 0 Å². The van der Waals surface area contributed by atoms with Crippen LogP contribution >= 0.6 is 24.0 Å². The first-order valence-corrected chi connectivity index (χ1v) is 8.08. The highest BCUT2D eigenvalue weighted by molar-refractivity contribution is 8.13. The minimum atomic E-state index is -0.290. The maximum absolute atomic E-state index is 12.0. The molecule has 0 aromatic carbocycles. The van der Waals surface area contributed by atoms with Crippen LogP contribution < -0.4 is 11.4 Å². The minimum Gasteiger partial charge on any atom is -0.466 e. The molecule has 122 valence electrons. The Kier molecular flexibility index (Phi) is 6.82. The highest BCUT2D eigenvalue weighted by Gasteiger charge is 2.10. The third-order valence-corrected chi connectivity index (χ3v) is 4.26. The van der Waals surface area contributed by atoms with Crippen molar-refractivity contribution < 1.29 is 9.53 Å². The molecule has 1 aromatic heterocycles. The van der Waals surface area contributed by atoms with Crippen molar-refractivity contribution in [1.29, 1.82) is 0 Å². The zero-order chi connectivity index (χ0) is 16.9. The van der Waals surface area contributed by atoms with Crippen LogP contribution in [0, 0.1) is 4.64 Å². The predicted octanol–water partition coefficient (Wildman–Crippen LogP) is 1.77. The Balaban J connectivity index is 2.92. The second-order valence-corrected chi connectivity index (χ2v) is 6.15. The van der Waals surface area contributed by atoms with Gasteiger partial charge in [-0.05, 0) is 13.8 Å². The molecule has 0 saturated carbocycles. The smallest absolute Gasteiger partial charge is 0.330 e. The van der Waals surface area contributed by atoms with Crippen molar-refractivity contribution in [1.82, 2.24) is 9.13 Å². The van der Waals surface area contributed by atoms with Gasteiger partial charge in [0.15, 0.2) is 5.82 Å². The van der Waals surface area contributed by atoms with Gasteiger partial charge in [0, 0.05) is 19.8 Å². The van der Waals surface area contributed by atoms with Gasteiger partial charge < -0.3 is 10.5 Å². The number of thioether (sulfide) groups is 1. The van der Waals surface area contributed by atoms with E-state index in [0.717, 1.165) is 0 Å². The summed E-state index contributed by atoms with van der Waals surface area (Å²) in [6.07, 6.45) is 0.301. The van der Waals surface area contributed by atoms with E-state index in [1.54, 1.807) is 27.9 Å². The van der Waals surface area contributed by atoms with Gasteiger partial charge in [-0.2, -0.15) is 0 Å². The Morgan fingerprint density at radius 1 is 1.41 bits per heavy atom. The Hall–Kier alpha value is -1.61. The number of carbonyl (C=O) groups is 1. The number of esters is 1. The van der Waals surface area contributed by atoms with E-state index in [0.29, 0.717) is 29.6 Å². The maximum atomic E-state index is 12.0. The zero-order valence-corrected chi connectivity index (χ0v) is 14.7. The van der Waals surface area contributed by atoms with E-state index >= 15 is 0 Å². The fraction of sp³-hybridized carbons (Fsp3) is 0.538. The number of aromatic nitrogens is 2. The summed E-state index contributed by atoms with van der Waals surface area (Å²) in [6, 6.07) is 0. The van der Waals surface area contributed by atoms with Crippen LogP contribution in [0.1, 0.15) is 20.3 Å². The molecular weight excluding hydrogens is 324 g/mol. The van der Waals surface area contributed by atoms with Crippen molar-refractivity contribution >= 4 is 46.5 Å². The Labute approximate surface area is 138 Å². The summed E-state index contributed by atoms with van der Waals surface area (Å²) in [5, 5.41) is 0.689. The van der Waals surface area contributed by atoms with Crippen LogP contribution in [0.25, 0.3) is 0 Å². The fourth-order valence-electron chi connectivity index (χ4n) is 1.69. The lowest BCUT2D eigenvalue weighted by molar-refractivity contribution is -0.142. The molecular formula is C13H20N4O3S2. The molecule has 2 N–H and O–H groups in total. The van der Waals surface area contributed by atoms with Crippen molar-refractivity contribution in [2.24, 2.45) is 19.1 Å². The lowest BCUT2D eigenvalue weighted by Gasteiger charge is -2.11. The number of anilines is 1. The van der Waals surface area contributed by atoms with Crippen LogP contribution in [0.15, 0.2) is 9.79 Å². The molecule has 1 rings (SSSR count). The van der Waals surface area contributed by atoms with Gasteiger partial charge in [-0.25, -0.2) is 9.79 Å². The van der Waals surface area contributed by atoms with Crippen molar-refractivity contribution in [2.75, 3.05) is 18.1 Å². The zero-order valence-electron chi connectivity index (χ0n) is 13.1. The second kappa shape index (κ2) is 8.14. The second-order valence-electron chi connectivity index (χ2n) is 4.48. The molecule has 0 aliphatic carbocycles. The van der Waals surface area contributed by atoms with E-state index in [1.165, 1.54) is 20.9 Å². The molecule has 0 fully saturated rings. The molecule has 0 amide bonds. The molecule has 0 aliphatic heterocycles. The standard InChI is InChI=1S/C13H20N4O3S2/c1-5-20-9(18)6-7-22-8(2)15-11-10(14)12(21)17(4)13(19)16(11)3/h5-7,14H2,1-4H3. The number of hydrogen-bond donors (Lipinski definition) is 1. The first-order valence-electron chi connectivity index (χ1n) is 6.68. The Bertz CT molecular complexity index is 669. The summed E-state index contributed by atoms with van der Waals surface area (Å²) in [5.41, 5.74) is 5.94. The van der Waals surface area contributed by atoms with Crippen LogP contribution in [-0.4, -0.2) is 32.5 Å². The van der Waals surface area contributed by atoms with E-state index in [1.807, 2.05) is 0 Å². The van der Waals surface area contributed by atoms with Gasteiger partial charge in [-0.15, -0.1) is 11.8 Å². The van der Waals surface area contributed by atoms with Gasteiger partial charge >= 0.3 is 11.7 Å². The number of carbonyl (C=O) groups excluding carboxylic acids is 1. The average molecular weight is 344 g/mol. The number of aliphatic imine (C=N–C) groups is 1. The first-order chi connectivity index (χ1) is 10.3. The van der Waals surface area contributed by atoms with Crippen LogP contribution in [-0.2, 0) is 23.6 Å². The summed E-state index contributed by atoms with van der Waals surface area (Å²) in [6.45, 7) is 3.93. The summed E-state index contributed by atoms with van der Waals surface area (Å²) >= 11 is 6.52. The molecule has 0 saturated heterocycles. The van der Waals surface area contributed by atoms with Crippen LogP contribution in [0.5, 0.6) is 0 Å². The summed E-state index contributed by atoms with van der Waals surface area (Å²) < 4.78 is 7.75. The molecule has 1 heterocycles. The topological polar surface area (TPSA) is 91.6 Å². The van der Waals surface area contributed by atoms with Gasteiger partial charge in [0.25, 0.3) is 0 Å². The molecule has 0 aliphatic rings. The van der Waals surface area contributed by atoms with Crippen molar-refractivity contribution in [3.05, 3.63) is 15.1 Å². The predicted molar refractivity (Wildman–Crippen MR) is 92.4 cm³/mol. The lowest BCUT2D eigenvalue weighted by Crippen LogP contribution is -2.28. The van der Waals surface area contributed by atoms with Crippen molar-refractivity contribution in [3.8, 4) is 0 Å². The van der Waals surface area contributed by atoms with E-state index in [9.17, 15) is 9.59 Å². The number of nitrogen functional groups attached to an aromatic ring is 1. The van der Waals surface area contributed by atoms with Gasteiger partial charge in [0.05, 0.1) is 18.1 Å². The number of rotatable bonds is 5. The maximum Gasteiger partial charge on any atom is 0.330 e. The fourth-order valence-corrected chi connectivity index (χ4v) is 2.58. The molecule has 0 radical (unpaired) electrons. The van der Waals surface area contributed by atoms with Gasteiger partial charge in [-0.1, -0.05) is 12.2 Å². The Morgan fingerprint density at radius 2 is 2.05 bits per heavy atom. The molecule has 0 atom stereocenters. The molecule has 22 heavy (non-hydrogen) atoms. The molecule has 1 aromatic rings. The van der Waals surface area contributed by atoms with Crippen LogP contribution in [0.3, 0.4) is 0 Å². The van der Waals surface area contributed by atoms with E-state index in [2.05, 4.69) is 4.99 Å². The normalized spacial score (nSPS) is 11.5. The first kappa shape index (κ1) is 18.4. The molecule has 0 bridgehead atoms. The van der Waals surface area contributed by atoms with Crippen molar-refractivity contribution in [3.63, 3.8) is 0 Å². The summed E-state index contributed by atoms with van der Waals surface area (Å²) in [7, 11) is 3.15. The molecule has 0 unspecified atom stereocenters. The Morgan fingerprint density at radius 3 is 2.64 bits per heavy atom. The molecule has 7 nitrogen and oxygen atoms in total. The number of ether oxygens (including phenoxy) is 1. The van der Waals surface area contributed by atoms with Gasteiger partial charge in [-0.3, -0.25) is 13.9 Å². The number of hydrogen-bond acceptors (Lipinski definition) is 7. The molecule has 9 heteroatoms. The number of nitrogens with two attached hydrogens (primary N) is 1. The van der Waals surface area contributed by atoms with E-state index < -0.39 is 0 Å².